The van der Waals surface area contributed by atoms with Crippen molar-refractivity contribution in [1.29, 1.82) is 0 Å². The summed E-state index contributed by atoms with van der Waals surface area (Å²) in [6.45, 7) is 0. The monoisotopic (exact) mass is 669 g/mol. The molecule has 0 saturated carbocycles. The van der Waals surface area contributed by atoms with Gasteiger partial charge in [0.05, 0.1) is 22.4 Å². The molecule has 11 rings (SSSR count). The van der Waals surface area contributed by atoms with Crippen molar-refractivity contribution < 1.29 is 4.42 Å². The van der Waals surface area contributed by atoms with Crippen LogP contribution in [0.25, 0.3) is 104 Å². The summed E-state index contributed by atoms with van der Waals surface area (Å²) in [6.07, 6.45) is 0. The maximum Gasteiger partial charge on any atom is 0.235 e. The van der Waals surface area contributed by atoms with Gasteiger partial charge < -0.3 is 4.42 Å². The van der Waals surface area contributed by atoms with Crippen LogP contribution in [0.3, 0.4) is 0 Å². The number of rotatable bonds is 4. The lowest BCUT2D eigenvalue weighted by Crippen LogP contribution is -2.04. The predicted molar refractivity (Wildman–Crippen MR) is 213 cm³/mol. The third-order valence-corrected chi connectivity index (χ3v) is 11.3. The Morgan fingerprint density at radius 2 is 1.12 bits per heavy atom. The van der Waals surface area contributed by atoms with Crippen LogP contribution in [0.4, 0.5) is 0 Å². The second-order valence-electron chi connectivity index (χ2n) is 12.9. The standard InChI is InChI=1S/C46H27N3OS/c1-2-12-28(13-3-1)38-27-39(29-24-25-32-31-15-5-8-22-41(31)50-42(32)26-29)48-46(47-38)49-40-21-7-4-14-30(40)34-17-10-18-35(44(34)49)37-20-11-19-36-33-16-6-9-23-43(33)51-45(36)37/h1-27H. The first kappa shape index (κ1) is 28.3. The van der Waals surface area contributed by atoms with Crippen molar-refractivity contribution in [2.24, 2.45) is 0 Å². The SMILES string of the molecule is c1ccc(-c2cc(-c3ccc4c(c3)oc3ccccc34)nc(-n3c4ccccc4c4cccc(-c5cccc6c5sc5ccccc56)c43)n2)cc1. The average Bonchev–Trinajstić information content (AvgIpc) is 3.87. The van der Waals surface area contributed by atoms with Crippen molar-refractivity contribution in [1.82, 2.24) is 14.5 Å². The first-order valence-electron chi connectivity index (χ1n) is 17.1. The molecular formula is C46H27N3OS. The van der Waals surface area contributed by atoms with Crippen LogP contribution in [0.5, 0.6) is 0 Å². The fourth-order valence-corrected chi connectivity index (χ4v) is 8.96. The van der Waals surface area contributed by atoms with Crippen LogP contribution < -0.4 is 0 Å². The largest absolute Gasteiger partial charge is 0.456 e. The normalized spacial score (nSPS) is 11.9. The van der Waals surface area contributed by atoms with Gasteiger partial charge in [0.15, 0.2) is 0 Å². The third kappa shape index (κ3) is 4.32. The maximum absolute atomic E-state index is 6.32. The summed E-state index contributed by atoms with van der Waals surface area (Å²) in [7, 11) is 0. The number of hydrogen-bond acceptors (Lipinski definition) is 4. The van der Waals surface area contributed by atoms with Gasteiger partial charge in [0.25, 0.3) is 0 Å². The molecule has 51 heavy (non-hydrogen) atoms. The Labute approximate surface area is 296 Å². The third-order valence-electron chi connectivity index (χ3n) is 10.0. The van der Waals surface area contributed by atoms with E-state index < -0.39 is 0 Å². The Bertz CT molecular complexity index is 3150. The van der Waals surface area contributed by atoms with Crippen LogP contribution in [0.15, 0.2) is 168 Å². The molecule has 0 radical (unpaired) electrons. The number of para-hydroxylation sites is 3. The van der Waals surface area contributed by atoms with Crippen LogP contribution in [-0.4, -0.2) is 14.5 Å². The molecule has 0 fully saturated rings. The van der Waals surface area contributed by atoms with Gasteiger partial charge in [-0.15, -0.1) is 11.3 Å². The minimum atomic E-state index is 0.623. The zero-order chi connectivity index (χ0) is 33.5. The molecule has 5 heteroatoms. The number of thiophene rings is 1. The van der Waals surface area contributed by atoms with Gasteiger partial charge >= 0.3 is 0 Å². The Balaban J connectivity index is 1.22. The highest BCUT2D eigenvalue weighted by Crippen LogP contribution is 2.44. The zero-order valence-corrected chi connectivity index (χ0v) is 28.1. The second kappa shape index (κ2) is 11.0. The predicted octanol–water partition coefficient (Wildman–Crippen LogP) is 12.8. The van der Waals surface area contributed by atoms with E-state index in [1.807, 2.05) is 29.5 Å². The number of furan rings is 1. The molecule has 4 heterocycles. The highest BCUT2D eigenvalue weighted by molar-refractivity contribution is 7.26. The summed E-state index contributed by atoms with van der Waals surface area (Å²) in [4.78, 5) is 10.7. The molecule has 0 N–H and O–H groups in total. The van der Waals surface area contributed by atoms with E-state index in [1.165, 1.54) is 31.1 Å². The van der Waals surface area contributed by atoms with E-state index in [2.05, 4.69) is 150 Å². The summed E-state index contributed by atoms with van der Waals surface area (Å²) < 4.78 is 11.2. The van der Waals surface area contributed by atoms with Crippen LogP contribution in [0.2, 0.25) is 0 Å². The number of nitrogens with zero attached hydrogens (tertiary/aromatic N) is 3. The number of benzene rings is 7. The summed E-state index contributed by atoms with van der Waals surface area (Å²) >= 11 is 1.85. The number of fused-ring (bicyclic) bond motifs is 9. The average molecular weight is 670 g/mol. The summed E-state index contributed by atoms with van der Waals surface area (Å²) in [5, 5.41) is 7.10. The van der Waals surface area contributed by atoms with E-state index >= 15 is 0 Å². The van der Waals surface area contributed by atoms with Gasteiger partial charge in [0.2, 0.25) is 5.95 Å². The van der Waals surface area contributed by atoms with E-state index in [-0.39, 0.29) is 0 Å². The van der Waals surface area contributed by atoms with Crippen molar-refractivity contribution in [3.05, 3.63) is 164 Å². The fourth-order valence-electron chi connectivity index (χ4n) is 7.73. The van der Waals surface area contributed by atoms with Crippen molar-refractivity contribution in [3.63, 3.8) is 0 Å². The van der Waals surface area contributed by atoms with E-state index in [9.17, 15) is 0 Å². The van der Waals surface area contributed by atoms with Crippen molar-refractivity contribution in [2.75, 3.05) is 0 Å². The van der Waals surface area contributed by atoms with E-state index in [0.29, 0.717) is 5.95 Å². The molecule has 0 saturated heterocycles. The molecule has 0 aliphatic heterocycles. The molecule has 0 amide bonds. The molecule has 11 aromatic rings. The molecule has 238 valence electrons. The molecule has 0 atom stereocenters. The molecule has 0 aliphatic carbocycles. The van der Waals surface area contributed by atoms with Gasteiger partial charge in [-0.25, -0.2) is 9.97 Å². The lowest BCUT2D eigenvalue weighted by atomic mass is 10.00. The summed E-state index contributed by atoms with van der Waals surface area (Å²) in [5.74, 6) is 0.623. The minimum absolute atomic E-state index is 0.623. The van der Waals surface area contributed by atoms with E-state index in [4.69, 9.17) is 14.4 Å². The van der Waals surface area contributed by atoms with E-state index in [0.717, 1.165) is 66.4 Å². The summed E-state index contributed by atoms with van der Waals surface area (Å²) in [6, 6.07) is 57.6. The highest BCUT2D eigenvalue weighted by atomic mass is 32.1. The molecule has 0 aliphatic rings. The second-order valence-corrected chi connectivity index (χ2v) is 14.0. The van der Waals surface area contributed by atoms with Gasteiger partial charge in [-0.1, -0.05) is 127 Å². The molecule has 4 aromatic heterocycles. The van der Waals surface area contributed by atoms with Gasteiger partial charge in [-0.2, -0.15) is 0 Å². The topological polar surface area (TPSA) is 43.9 Å². The number of hydrogen-bond donors (Lipinski definition) is 0. The lowest BCUT2D eigenvalue weighted by Gasteiger charge is -2.14. The Morgan fingerprint density at radius 1 is 0.451 bits per heavy atom. The molecule has 4 nitrogen and oxygen atoms in total. The van der Waals surface area contributed by atoms with Gasteiger partial charge in [0.1, 0.15) is 11.2 Å². The minimum Gasteiger partial charge on any atom is -0.456 e. The van der Waals surface area contributed by atoms with Gasteiger partial charge in [0, 0.05) is 64.0 Å². The summed E-state index contributed by atoms with van der Waals surface area (Å²) in [5.41, 5.74) is 9.92. The maximum atomic E-state index is 6.32. The Kier molecular flexibility index (Phi) is 6.09. The smallest absolute Gasteiger partial charge is 0.235 e. The molecule has 0 bridgehead atoms. The van der Waals surface area contributed by atoms with Crippen molar-refractivity contribution in [2.45, 2.75) is 0 Å². The number of aromatic nitrogens is 3. The van der Waals surface area contributed by atoms with Crippen LogP contribution in [0, 0.1) is 0 Å². The van der Waals surface area contributed by atoms with Crippen molar-refractivity contribution in [3.8, 4) is 39.6 Å². The molecule has 0 unspecified atom stereocenters. The first-order valence-corrected chi connectivity index (χ1v) is 17.9. The first-order chi connectivity index (χ1) is 25.3. The lowest BCUT2D eigenvalue weighted by molar-refractivity contribution is 0.669. The zero-order valence-electron chi connectivity index (χ0n) is 27.2. The van der Waals surface area contributed by atoms with Crippen LogP contribution >= 0.6 is 11.3 Å². The van der Waals surface area contributed by atoms with Crippen LogP contribution in [-0.2, 0) is 0 Å². The van der Waals surface area contributed by atoms with Gasteiger partial charge in [-0.3, -0.25) is 4.57 Å². The molecular weight excluding hydrogens is 643 g/mol. The van der Waals surface area contributed by atoms with Crippen LogP contribution in [0.1, 0.15) is 0 Å². The van der Waals surface area contributed by atoms with Gasteiger partial charge in [-0.05, 0) is 36.4 Å². The van der Waals surface area contributed by atoms with Crippen molar-refractivity contribution >= 4 is 75.3 Å². The quantitative estimate of drug-likeness (QED) is 0.187. The molecule has 7 aromatic carbocycles. The van der Waals surface area contributed by atoms with E-state index in [1.54, 1.807) is 0 Å². The highest BCUT2D eigenvalue weighted by Gasteiger charge is 2.21. The Hall–Kier alpha value is -6.56. The Morgan fingerprint density at radius 3 is 2.00 bits per heavy atom. The molecule has 0 spiro atoms. The fraction of sp³-hybridized carbons (Fsp3) is 0.